The van der Waals surface area contributed by atoms with E-state index in [0.717, 1.165) is 26.2 Å². The number of hydrogen-bond acceptors (Lipinski definition) is 3. The van der Waals surface area contributed by atoms with E-state index in [1.807, 2.05) is 23.6 Å². The van der Waals surface area contributed by atoms with Gasteiger partial charge in [0.05, 0.1) is 13.2 Å². The third-order valence-electron chi connectivity index (χ3n) is 3.18. The molecule has 0 atom stereocenters. The van der Waals surface area contributed by atoms with Crippen molar-refractivity contribution >= 4 is 11.8 Å². The Kier molecular flexibility index (Phi) is 6.72. The molecule has 5 nitrogen and oxygen atoms in total. The number of amides is 2. The van der Waals surface area contributed by atoms with Crippen molar-refractivity contribution in [2.24, 2.45) is 0 Å². The summed E-state index contributed by atoms with van der Waals surface area (Å²) < 4.78 is 5.10. The largest absolute Gasteiger partial charge is 0.378 e. The van der Waals surface area contributed by atoms with E-state index in [1.165, 1.54) is 6.42 Å². The monoisotopic (exact) mass is 256 g/mol. The zero-order chi connectivity index (χ0) is 13.4. The maximum Gasteiger partial charge on any atom is 0.222 e. The van der Waals surface area contributed by atoms with Crippen LogP contribution in [-0.4, -0.2) is 61.0 Å². The third-order valence-corrected chi connectivity index (χ3v) is 3.18. The number of carbonyl (C=O) groups excluding carboxylic acids is 2. The first-order valence-corrected chi connectivity index (χ1v) is 6.82. The van der Waals surface area contributed by atoms with Crippen LogP contribution < -0.4 is 0 Å². The van der Waals surface area contributed by atoms with Crippen molar-refractivity contribution in [3.05, 3.63) is 0 Å². The second-order valence-corrected chi connectivity index (χ2v) is 4.43. The third kappa shape index (κ3) is 4.64. The smallest absolute Gasteiger partial charge is 0.222 e. The van der Waals surface area contributed by atoms with Gasteiger partial charge in [0.2, 0.25) is 11.8 Å². The van der Waals surface area contributed by atoms with E-state index >= 15 is 0 Å². The molecule has 5 heteroatoms. The summed E-state index contributed by atoms with van der Waals surface area (Å²) in [5.41, 5.74) is 0. The van der Waals surface area contributed by atoms with Crippen LogP contribution in [0.1, 0.15) is 33.1 Å². The fraction of sp³-hybridized carbons (Fsp3) is 0.846. The molecule has 0 unspecified atom stereocenters. The summed E-state index contributed by atoms with van der Waals surface area (Å²) in [6.07, 6.45) is 2.48. The lowest BCUT2D eigenvalue weighted by Crippen LogP contribution is -2.41. The highest BCUT2D eigenvalue weighted by molar-refractivity contribution is 5.76. The van der Waals surface area contributed by atoms with Crippen LogP contribution in [0.4, 0.5) is 0 Å². The molecule has 0 spiro atoms. The van der Waals surface area contributed by atoms with Gasteiger partial charge in [0, 0.05) is 39.0 Å². The molecule has 2 aliphatic rings. The van der Waals surface area contributed by atoms with Crippen LogP contribution in [0, 0.1) is 0 Å². The van der Waals surface area contributed by atoms with Crippen LogP contribution in [0.5, 0.6) is 0 Å². The lowest BCUT2D eigenvalue weighted by molar-refractivity contribution is -0.135. The average Bonchev–Trinajstić information content (AvgIpc) is 2.37. The standard InChI is InChI=1S/C7H13NO2.C6H11NO/c1-2-7(9)8-3-5-10-6-4-8;1-2-6(8)7-4-3-5-7/h2-6H2,1H3;2-5H2,1H3. The molecule has 0 aromatic carbocycles. The van der Waals surface area contributed by atoms with E-state index in [0.29, 0.717) is 32.0 Å². The second kappa shape index (κ2) is 8.08. The van der Waals surface area contributed by atoms with Crippen LogP contribution in [0.25, 0.3) is 0 Å². The van der Waals surface area contributed by atoms with E-state index in [1.54, 1.807) is 0 Å². The number of ether oxygens (including phenoxy) is 1. The van der Waals surface area contributed by atoms with Crippen LogP contribution in [0.15, 0.2) is 0 Å². The zero-order valence-corrected chi connectivity index (χ0v) is 11.5. The maximum absolute atomic E-state index is 11.0. The van der Waals surface area contributed by atoms with E-state index < -0.39 is 0 Å². The first-order chi connectivity index (χ1) is 8.69. The van der Waals surface area contributed by atoms with Gasteiger partial charge >= 0.3 is 0 Å². The average molecular weight is 256 g/mol. The zero-order valence-electron chi connectivity index (χ0n) is 11.5. The molecule has 2 rings (SSSR count). The van der Waals surface area contributed by atoms with Crippen LogP contribution in [0.2, 0.25) is 0 Å². The van der Waals surface area contributed by atoms with Crippen molar-refractivity contribution < 1.29 is 14.3 Å². The van der Waals surface area contributed by atoms with Crippen LogP contribution in [0.3, 0.4) is 0 Å². The maximum atomic E-state index is 11.0. The Balaban J connectivity index is 0.000000184. The molecule has 2 fully saturated rings. The normalized spacial score (nSPS) is 18.6. The van der Waals surface area contributed by atoms with Gasteiger partial charge < -0.3 is 14.5 Å². The predicted molar refractivity (Wildman–Crippen MR) is 69.2 cm³/mol. The second-order valence-electron chi connectivity index (χ2n) is 4.43. The van der Waals surface area contributed by atoms with Crippen molar-refractivity contribution in [2.75, 3.05) is 39.4 Å². The van der Waals surface area contributed by atoms with Crippen molar-refractivity contribution in [1.82, 2.24) is 9.80 Å². The van der Waals surface area contributed by atoms with Crippen molar-refractivity contribution in [2.45, 2.75) is 33.1 Å². The summed E-state index contributed by atoms with van der Waals surface area (Å²) in [7, 11) is 0. The van der Waals surface area contributed by atoms with Gasteiger partial charge in [-0.05, 0) is 6.42 Å². The number of carbonyl (C=O) groups is 2. The van der Waals surface area contributed by atoms with Gasteiger partial charge in [-0.2, -0.15) is 0 Å². The van der Waals surface area contributed by atoms with Crippen LogP contribution in [-0.2, 0) is 14.3 Å². The molecule has 104 valence electrons. The molecule has 2 heterocycles. The van der Waals surface area contributed by atoms with Gasteiger partial charge in [0.15, 0.2) is 0 Å². The summed E-state index contributed by atoms with van der Waals surface area (Å²) >= 11 is 0. The highest BCUT2D eigenvalue weighted by Gasteiger charge is 2.17. The highest BCUT2D eigenvalue weighted by Crippen LogP contribution is 2.06. The lowest BCUT2D eigenvalue weighted by Gasteiger charge is -2.30. The van der Waals surface area contributed by atoms with Gasteiger partial charge in [-0.15, -0.1) is 0 Å². The molecule has 2 saturated heterocycles. The van der Waals surface area contributed by atoms with E-state index in [4.69, 9.17) is 4.74 Å². The summed E-state index contributed by atoms with van der Waals surface area (Å²) in [6, 6.07) is 0. The first kappa shape index (κ1) is 15.0. The molecule has 0 aliphatic carbocycles. The Hall–Kier alpha value is -1.10. The Bertz CT molecular complexity index is 271. The molecule has 0 bridgehead atoms. The Labute approximate surface area is 109 Å². The summed E-state index contributed by atoms with van der Waals surface area (Å²) in [4.78, 5) is 25.5. The molecule has 2 amide bonds. The van der Waals surface area contributed by atoms with E-state index in [9.17, 15) is 9.59 Å². The molecule has 18 heavy (non-hydrogen) atoms. The van der Waals surface area contributed by atoms with Crippen molar-refractivity contribution in [3.8, 4) is 0 Å². The molecule has 0 N–H and O–H groups in total. The number of morpholine rings is 1. The predicted octanol–water partition coefficient (Wildman–Crippen LogP) is 0.884. The van der Waals surface area contributed by atoms with Gasteiger partial charge in [0.1, 0.15) is 0 Å². The van der Waals surface area contributed by atoms with Crippen molar-refractivity contribution in [1.29, 1.82) is 0 Å². The molecular formula is C13H24N2O3. The summed E-state index contributed by atoms with van der Waals surface area (Å²) in [5, 5.41) is 0. The van der Waals surface area contributed by atoms with E-state index in [-0.39, 0.29) is 5.91 Å². The Morgan fingerprint density at radius 3 is 1.61 bits per heavy atom. The molecule has 0 aromatic rings. The number of hydrogen-bond donors (Lipinski definition) is 0. The molecule has 0 saturated carbocycles. The summed E-state index contributed by atoms with van der Waals surface area (Å²) in [5.74, 6) is 0.541. The van der Waals surface area contributed by atoms with Gasteiger partial charge in [0.25, 0.3) is 0 Å². The van der Waals surface area contributed by atoms with Crippen LogP contribution >= 0.6 is 0 Å². The topological polar surface area (TPSA) is 49.9 Å². The molecule has 0 radical (unpaired) electrons. The lowest BCUT2D eigenvalue weighted by atomic mass is 10.2. The minimum absolute atomic E-state index is 0.239. The van der Waals surface area contributed by atoms with Gasteiger partial charge in [-0.25, -0.2) is 0 Å². The summed E-state index contributed by atoms with van der Waals surface area (Å²) in [6.45, 7) is 8.72. The van der Waals surface area contributed by atoms with Crippen molar-refractivity contribution in [3.63, 3.8) is 0 Å². The quantitative estimate of drug-likeness (QED) is 0.737. The highest BCUT2D eigenvalue weighted by atomic mass is 16.5. The molecular weight excluding hydrogens is 232 g/mol. The van der Waals surface area contributed by atoms with Gasteiger partial charge in [-0.1, -0.05) is 13.8 Å². The SMILES string of the molecule is CCC(=O)N1CCC1.CCC(=O)N1CCOCC1. The minimum Gasteiger partial charge on any atom is -0.378 e. The fourth-order valence-corrected chi connectivity index (χ4v) is 1.83. The number of likely N-dealkylation sites (tertiary alicyclic amines) is 1. The molecule has 2 aliphatic heterocycles. The molecule has 0 aromatic heterocycles. The van der Waals surface area contributed by atoms with Gasteiger partial charge in [-0.3, -0.25) is 9.59 Å². The number of rotatable bonds is 2. The fourth-order valence-electron chi connectivity index (χ4n) is 1.83. The number of nitrogens with zero attached hydrogens (tertiary/aromatic N) is 2. The minimum atomic E-state index is 0.239. The van der Waals surface area contributed by atoms with E-state index in [2.05, 4.69) is 0 Å². The Morgan fingerprint density at radius 1 is 0.889 bits per heavy atom. The Morgan fingerprint density at radius 2 is 1.33 bits per heavy atom. The first-order valence-electron chi connectivity index (χ1n) is 6.82.